The van der Waals surface area contributed by atoms with Gasteiger partial charge in [-0.3, -0.25) is 9.78 Å². The van der Waals surface area contributed by atoms with Crippen LogP contribution in [0.3, 0.4) is 0 Å². The minimum atomic E-state index is -1.32. The highest BCUT2D eigenvalue weighted by Gasteiger charge is 2.58. The summed E-state index contributed by atoms with van der Waals surface area (Å²) in [5, 5.41) is 3.08. The first-order valence-electron chi connectivity index (χ1n) is 8.91. The summed E-state index contributed by atoms with van der Waals surface area (Å²) < 4.78 is 6.46. The number of pyridine rings is 1. The van der Waals surface area contributed by atoms with Crippen LogP contribution >= 0.6 is 12.2 Å². The van der Waals surface area contributed by atoms with E-state index in [0.717, 1.165) is 10.4 Å². The van der Waals surface area contributed by atoms with Gasteiger partial charge < -0.3 is 9.74 Å². The molecule has 0 radical (unpaired) electrons. The number of amides is 1. The molecule has 6 heteroatoms. The second-order valence-electron chi connectivity index (χ2n) is 8.43. The van der Waals surface area contributed by atoms with E-state index >= 15 is 0 Å². The number of carbonyl (C=O) groups is 1. The number of hydrogen-bond acceptors (Lipinski definition) is 4. The minimum absolute atomic E-state index is 0.0165. The van der Waals surface area contributed by atoms with Crippen LogP contribution in [-0.2, 0) is 9.22 Å². The van der Waals surface area contributed by atoms with E-state index < -0.39 is 14.6 Å². The van der Waals surface area contributed by atoms with Crippen molar-refractivity contribution in [2.24, 2.45) is 17.3 Å². The molecule has 4 atom stereocenters. The third-order valence-corrected chi connectivity index (χ3v) is 6.98. The fourth-order valence-corrected chi connectivity index (χ4v) is 5.30. The standard InChI is InChI=1S/C19H30N2O2SSi/c1-12(16(24)13-9-8-10-20-11-13)15-14(17(22)21-15)19(5,18(2,3)4)23-25(6)7/h8-12,14-15,25H,1-7H3,(H,21,22)/t12-,14-,15-,19-/m1/s1. The molecule has 0 bridgehead atoms. The summed E-state index contributed by atoms with van der Waals surface area (Å²) in [7, 11) is -1.32. The van der Waals surface area contributed by atoms with Crippen molar-refractivity contribution in [3.63, 3.8) is 0 Å². The van der Waals surface area contributed by atoms with Crippen molar-refractivity contribution < 1.29 is 9.22 Å². The molecule has 1 fully saturated rings. The predicted octanol–water partition coefficient (Wildman–Crippen LogP) is 3.36. The Morgan fingerprint density at radius 3 is 2.44 bits per heavy atom. The van der Waals surface area contributed by atoms with Gasteiger partial charge in [0.25, 0.3) is 0 Å². The van der Waals surface area contributed by atoms with Crippen LogP contribution < -0.4 is 5.32 Å². The molecule has 1 aliphatic rings. The summed E-state index contributed by atoms with van der Waals surface area (Å²) in [6, 6.07) is 3.84. The minimum Gasteiger partial charge on any atom is -0.414 e. The molecule has 4 nitrogen and oxygen atoms in total. The van der Waals surface area contributed by atoms with E-state index in [-0.39, 0.29) is 29.2 Å². The number of carbonyl (C=O) groups excluding carboxylic acids is 1. The summed E-state index contributed by atoms with van der Waals surface area (Å²) in [5.74, 6) is -0.0917. The molecule has 25 heavy (non-hydrogen) atoms. The van der Waals surface area contributed by atoms with Crippen LogP contribution in [0, 0.1) is 17.3 Å². The van der Waals surface area contributed by atoms with Crippen LogP contribution in [0.1, 0.15) is 40.2 Å². The number of thiocarbonyl (C=S) groups is 1. The van der Waals surface area contributed by atoms with Gasteiger partial charge in [0.05, 0.1) is 17.6 Å². The van der Waals surface area contributed by atoms with E-state index in [1.165, 1.54) is 0 Å². The second kappa shape index (κ2) is 7.25. The molecule has 0 spiro atoms. The van der Waals surface area contributed by atoms with Crippen LogP contribution in [0.5, 0.6) is 0 Å². The Labute approximate surface area is 158 Å². The molecule has 0 saturated carbocycles. The van der Waals surface area contributed by atoms with E-state index in [4.69, 9.17) is 16.6 Å². The Kier molecular flexibility index (Phi) is 5.86. The summed E-state index contributed by atoms with van der Waals surface area (Å²) in [6.07, 6.45) is 3.53. The lowest BCUT2D eigenvalue weighted by molar-refractivity contribution is -0.160. The molecule has 1 N–H and O–H groups in total. The maximum Gasteiger partial charge on any atom is 0.228 e. The van der Waals surface area contributed by atoms with Gasteiger partial charge in [0.1, 0.15) is 0 Å². The van der Waals surface area contributed by atoms with Gasteiger partial charge in [-0.25, -0.2) is 0 Å². The Bertz CT molecular complexity index is 645. The average Bonchev–Trinajstić information content (AvgIpc) is 2.50. The average molecular weight is 379 g/mol. The Morgan fingerprint density at radius 2 is 2.00 bits per heavy atom. The summed E-state index contributed by atoms with van der Waals surface area (Å²) in [4.78, 5) is 17.5. The highest BCUT2D eigenvalue weighted by atomic mass is 32.1. The van der Waals surface area contributed by atoms with Gasteiger partial charge in [0.15, 0.2) is 9.04 Å². The summed E-state index contributed by atoms with van der Waals surface area (Å²) in [6.45, 7) is 14.9. The zero-order valence-electron chi connectivity index (χ0n) is 16.3. The van der Waals surface area contributed by atoms with Gasteiger partial charge in [-0.2, -0.15) is 0 Å². The molecule has 1 saturated heterocycles. The first kappa shape index (κ1) is 20.2. The fourth-order valence-electron chi connectivity index (χ4n) is 3.55. The second-order valence-corrected chi connectivity index (χ2v) is 11.2. The number of hydrogen-bond donors (Lipinski definition) is 1. The summed E-state index contributed by atoms with van der Waals surface area (Å²) >= 11 is 5.69. The van der Waals surface area contributed by atoms with Crippen molar-refractivity contribution in [1.29, 1.82) is 0 Å². The van der Waals surface area contributed by atoms with Gasteiger partial charge in [-0.05, 0) is 31.5 Å². The number of nitrogens with one attached hydrogen (secondary N) is 1. The van der Waals surface area contributed by atoms with Crippen molar-refractivity contribution in [3.8, 4) is 0 Å². The third kappa shape index (κ3) is 3.86. The van der Waals surface area contributed by atoms with Gasteiger partial charge in [0, 0.05) is 28.7 Å². The Morgan fingerprint density at radius 1 is 1.36 bits per heavy atom. The molecule has 0 aromatic carbocycles. The monoisotopic (exact) mass is 378 g/mol. The SMILES string of the molecule is C[C@@H](C(=S)c1cccnc1)[C@H]1NC(=O)[C@@H]1[C@@](C)(O[SiH](C)C)C(C)(C)C. The molecule has 1 amide bonds. The molecular formula is C19H30N2O2SSi. The quantitative estimate of drug-likeness (QED) is 0.357. The van der Waals surface area contributed by atoms with E-state index in [1.54, 1.807) is 12.4 Å². The molecular weight excluding hydrogens is 348 g/mol. The molecule has 2 rings (SSSR count). The summed E-state index contributed by atoms with van der Waals surface area (Å²) in [5.41, 5.74) is 0.279. The fraction of sp³-hybridized carbons (Fsp3) is 0.632. The normalized spacial score (nSPS) is 24.2. The number of β-lactam (4-membered cyclic amide) rings is 1. The van der Waals surface area contributed by atoms with E-state index in [9.17, 15) is 4.79 Å². The Balaban J connectivity index is 2.30. The highest BCUT2D eigenvalue weighted by Crippen LogP contribution is 2.46. The first-order chi connectivity index (χ1) is 11.5. The topological polar surface area (TPSA) is 51.2 Å². The first-order valence-corrected chi connectivity index (χ1v) is 12.1. The van der Waals surface area contributed by atoms with Gasteiger partial charge in [-0.1, -0.05) is 46.0 Å². The largest absolute Gasteiger partial charge is 0.414 e. The van der Waals surface area contributed by atoms with Crippen molar-refractivity contribution in [2.45, 2.75) is 59.4 Å². The lowest BCUT2D eigenvalue weighted by Crippen LogP contribution is -2.72. The zero-order valence-corrected chi connectivity index (χ0v) is 18.3. The Hall–Kier alpha value is -1.11. The third-order valence-electron chi connectivity index (χ3n) is 5.41. The van der Waals surface area contributed by atoms with Crippen LogP contribution in [-0.4, -0.2) is 36.4 Å². The van der Waals surface area contributed by atoms with Crippen LogP contribution in [0.2, 0.25) is 13.1 Å². The van der Waals surface area contributed by atoms with Crippen LogP contribution in [0.15, 0.2) is 24.5 Å². The smallest absolute Gasteiger partial charge is 0.228 e. The van der Waals surface area contributed by atoms with Crippen molar-refractivity contribution >= 4 is 32.0 Å². The number of rotatable bonds is 6. The molecule has 1 aromatic heterocycles. The van der Waals surface area contributed by atoms with Crippen LogP contribution in [0.25, 0.3) is 0 Å². The van der Waals surface area contributed by atoms with Crippen LogP contribution in [0.4, 0.5) is 0 Å². The van der Waals surface area contributed by atoms with E-state index in [0.29, 0.717) is 0 Å². The molecule has 1 aromatic rings. The van der Waals surface area contributed by atoms with Gasteiger partial charge in [0.2, 0.25) is 5.91 Å². The van der Waals surface area contributed by atoms with E-state index in [2.05, 4.69) is 58.0 Å². The van der Waals surface area contributed by atoms with Crippen molar-refractivity contribution in [2.75, 3.05) is 0 Å². The molecule has 0 aliphatic carbocycles. The lowest BCUT2D eigenvalue weighted by atomic mass is 9.62. The number of aromatic nitrogens is 1. The number of nitrogens with zero attached hydrogens (tertiary/aromatic N) is 1. The van der Waals surface area contributed by atoms with E-state index in [1.807, 2.05) is 12.1 Å². The molecule has 138 valence electrons. The van der Waals surface area contributed by atoms with Gasteiger partial charge in [-0.15, -0.1) is 0 Å². The molecule has 2 heterocycles. The van der Waals surface area contributed by atoms with Gasteiger partial charge >= 0.3 is 0 Å². The lowest BCUT2D eigenvalue weighted by Gasteiger charge is -2.55. The highest BCUT2D eigenvalue weighted by molar-refractivity contribution is 7.80. The maximum atomic E-state index is 12.5. The van der Waals surface area contributed by atoms with Crippen molar-refractivity contribution in [1.82, 2.24) is 10.3 Å². The molecule has 0 unspecified atom stereocenters. The molecule has 1 aliphatic heterocycles. The maximum absolute atomic E-state index is 12.5. The van der Waals surface area contributed by atoms with Crippen molar-refractivity contribution in [3.05, 3.63) is 30.1 Å². The zero-order chi connectivity index (χ0) is 19.0. The predicted molar refractivity (Wildman–Crippen MR) is 108 cm³/mol.